The minimum Gasteiger partial charge on any atom is -0.294 e. The lowest BCUT2D eigenvalue weighted by molar-refractivity contribution is -0.125. The van der Waals surface area contributed by atoms with Crippen LogP contribution in [0.1, 0.15) is 37.6 Å². The van der Waals surface area contributed by atoms with Crippen LogP contribution in [0, 0.1) is 5.92 Å². The summed E-state index contributed by atoms with van der Waals surface area (Å²) in [6, 6.07) is 0.378. The van der Waals surface area contributed by atoms with Gasteiger partial charge in [-0.05, 0) is 38.7 Å². The number of hydrogen-bond donors (Lipinski definition) is 2. The van der Waals surface area contributed by atoms with Crippen molar-refractivity contribution in [1.82, 2.24) is 15.2 Å². The van der Waals surface area contributed by atoms with Crippen molar-refractivity contribution >= 4 is 5.91 Å². The van der Waals surface area contributed by atoms with Crippen molar-refractivity contribution < 1.29 is 4.79 Å². The predicted octanol–water partition coefficient (Wildman–Crippen LogP) is 0.559. The Kier molecular flexibility index (Phi) is 2.96. The molecule has 1 aromatic heterocycles. The van der Waals surface area contributed by atoms with Crippen molar-refractivity contribution in [3.8, 4) is 0 Å². The summed E-state index contributed by atoms with van der Waals surface area (Å²) >= 11 is 0. The largest absolute Gasteiger partial charge is 0.294 e. The van der Waals surface area contributed by atoms with Crippen LogP contribution in [0.15, 0.2) is 6.20 Å². The lowest BCUT2D eigenvalue weighted by atomic mass is 9.87. The van der Waals surface area contributed by atoms with E-state index in [1.165, 1.54) is 11.3 Å². The molecule has 1 aromatic rings. The zero-order valence-electron chi connectivity index (χ0n) is 9.73. The van der Waals surface area contributed by atoms with Crippen molar-refractivity contribution in [2.75, 3.05) is 0 Å². The first-order valence-electron chi connectivity index (χ1n) is 5.69. The van der Waals surface area contributed by atoms with Gasteiger partial charge < -0.3 is 0 Å². The average Bonchev–Trinajstić information content (AvgIpc) is 2.70. The maximum Gasteiger partial charge on any atom is 0.237 e. The van der Waals surface area contributed by atoms with E-state index < -0.39 is 0 Å². The van der Waals surface area contributed by atoms with Gasteiger partial charge in [0.15, 0.2) is 0 Å². The van der Waals surface area contributed by atoms with Crippen molar-refractivity contribution in [3.05, 3.63) is 17.5 Å². The molecule has 5 heteroatoms. The second-order valence-corrected chi connectivity index (χ2v) is 4.60. The number of rotatable bonds is 2. The van der Waals surface area contributed by atoms with Crippen LogP contribution in [0.3, 0.4) is 0 Å². The molecule has 0 aliphatic heterocycles. The zero-order chi connectivity index (χ0) is 11.7. The molecule has 0 aromatic carbocycles. The first-order valence-corrected chi connectivity index (χ1v) is 5.69. The topological polar surface area (TPSA) is 72.9 Å². The molecular weight excluding hydrogens is 204 g/mol. The lowest BCUT2D eigenvalue weighted by Gasteiger charge is -2.22. The monoisotopic (exact) mass is 222 g/mol. The Morgan fingerprint density at radius 3 is 3.06 bits per heavy atom. The van der Waals surface area contributed by atoms with Crippen LogP contribution in [0.25, 0.3) is 0 Å². The third kappa shape index (κ3) is 1.82. The van der Waals surface area contributed by atoms with Gasteiger partial charge in [0.2, 0.25) is 5.91 Å². The normalized spacial score (nSPS) is 19.6. The number of fused-ring (bicyclic) bond motifs is 1. The fourth-order valence-corrected chi connectivity index (χ4v) is 2.33. The Labute approximate surface area is 95.0 Å². The summed E-state index contributed by atoms with van der Waals surface area (Å²) in [7, 11) is 0. The molecule has 0 radical (unpaired) electrons. The Morgan fingerprint density at radius 1 is 1.69 bits per heavy atom. The average molecular weight is 222 g/mol. The maximum atomic E-state index is 11.5. The van der Waals surface area contributed by atoms with Gasteiger partial charge in [0, 0.05) is 17.7 Å². The second-order valence-electron chi connectivity index (χ2n) is 4.60. The lowest BCUT2D eigenvalue weighted by Crippen LogP contribution is -2.38. The summed E-state index contributed by atoms with van der Waals surface area (Å²) in [5.74, 6) is 5.09. The van der Waals surface area contributed by atoms with E-state index in [1.807, 2.05) is 10.9 Å². The van der Waals surface area contributed by atoms with Gasteiger partial charge in [-0.15, -0.1) is 0 Å². The van der Waals surface area contributed by atoms with E-state index in [1.54, 1.807) is 0 Å². The molecule has 1 atom stereocenters. The van der Waals surface area contributed by atoms with E-state index in [0.717, 1.165) is 19.3 Å². The molecule has 1 amide bonds. The summed E-state index contributed by atoms with van der Waals surface area (Å²) < 4.78 is 2.05. The van der Waals surface area contributed by atoms with Crippen LogP contribution >= 0.6 is 0 Å². The van der Waals surface area contributed by atoms with E-state index in [9.17, 15) is 4.79 Å². The number of carbonyl (C=O) groups is 1. The van der Waals surface area contributed by atoms with Crippen LogP contribution in [-0.4, -0.2) is 15.7 Å². The van der Waals surface area contributed by atoms with Gasteiger partial charge in [-0.2, -0.15) is 5.10 Å². The minimum atomic E-state index is -0.0667. The number of amides is 1. The molecule has 16 heavy (non-hydrogen) atoms. The van der Waals surface area contributed by atoms with Crippen molar-refractivity contribution in [1.29, 1.82) is 0 Å². The molecule has 0 fully saturated rings. The van der Waals surface area contributed by atoms with E-state index in [-0.39, 0.29) is 11.8 Å². The van der Waals surface area contributed by atoms with Gasteiger partial charge in [-0.1, -0.05) is 0 Å². The highest BCUT2D eigenvalue weighted by molar-refractivity contribution is 5.78. The van der Waals surface area contributed by atoms with Gasteiger partial charge in [-0.25, -0.2) is 5.84 Å². The van der Waals surface area contributed by atoms with Crippen LogP contribution < -0.4 is 11.3 Å². The SMILES string of the molecule is CC(C)n1ncc2c1CC[C@H](C(=O)NN)C2. The van der Waals surface area contributed by atoms with Gasteiger partial charge in [0.05, 0.1) is 6.20 Å². The van der Waals surface area contributed by atoms with Crippen molar-refractivity contribution in [2.45, 2.75) is 39.2 Å². The van der Waals surface area contributed by atoms with E-state index >= 15 is 0 Å². The first-order chi connectivity index (χ1) is 7.63. The minimum absolute atomic E-state index is 0.00214. The fraction of sp³-hybridized carbons (Fsp3) is 0.636. The number of nitrogens with zero attached hydrogens (tertiary/aromatic N) is 2. The number of hydrogen-bond acceptors (Lipinski definition) is 3. The van der Waals surface area contributed by atoms with Crippen molar-refractivity contribution in [2.24, 2.45) is 11.8 Å². The molecule has 0 saturated carbocycles. The number of nitrogens with two attached hydrogens (primary N) is 1. The standard InChI is InChI=1S/C11H18N4O/c1-7(2)15-10-4-3-8(11(16)14-12)5-9(10)6-13-15/h6-8H,3-5,12H2,1-2H3,(H,14,16)/t8-/m0/s1. The fourth-order valence-electron chi connectivity index (χ4n) is 2.33. The highest BCUT2D eigenvalue weighted by Gasteiger charge is 2.27. The Hall–Kier alpha value is -1.36. The van der Waals surface area contributed by atoms with Crippen LogP contribution in [0.2, 0.25) is 0 Å². The van der Waals surface area contributed by atoms with E-state index in [4.69, 9.17) is 5.84 Å². The van der Waals surface area contributed by atoms with Crippen LogP contribution in [-0.2, 0) is 17.6 Å². The van der Waals surface area contributed by atoms with Gasteiger partial charge in [-0.3, -0.25) is 14.9 Å². The number of aromatic nitrogens is 2. The molecule has 0 saturated heterocycles. The summed E-state index contributed by atoms with van der Waals surface area (Å²) in [4.78, 5) is 11.5. The molecule has 0 spiro atoms. The molecule has 0 bridgehead atoms. The summed E-state index contributed by atoms with van der Waals surface area (Å²) in [6.07, 6.45) is 4.40. The number of nitrogens with one attached hydrogen (secondary N) is 1. The van der Waals surface area contributed by atoms with Crippen LogP contribution in [0.4, 0.5) is 0 Å². The highest BCUT2D eigenvalue weighted by Crippen LogP contribution is 2.27. The molecule has 1 heterocycles. The molecule has 88 valence electrons. The third-order valence-corrected chi connectivity index (χ3v) is 3.18. The molecule has 1 aliphatic carbocycles. The Bertz CT molecular complexity index is 397. The first kappa shape index (κ1) is 11.1. The van der Waals surface area contributed by atoms with Gasteiger partial charge in [0.1, 0.15) is 0 Å². The summed E-state index contributed by atoms with van der Waals surface area (Å²) in [5, 5.41) is 4.37. The van der Waals surface area contributed by atoms with Crippen LogP contribution in [0.5, 0.6) is 0 Å². The molecule has 5 nitrogen and oxygen atoms in total. The maximum absolute atomic E-state index is 11.5. The smallest absolute Gasteiger partial charge is 0.237 e. The number of carbonyl (C=O) groups excluding carboxylic acids is 1. The summed E-state index contributed by atoms with van der Waals surface area (Å²) in [6.45, 7) is 4.23. The molecule has 0 unspecified atom stereocenters. The van der Waals surface area contributed by atoms with Gasteiger partial charge in [0.25, 0.3) is 0 Å². The Balaban J connectivity index is 2.20. The van der Waals surface area contributed by atoms with E-state index in [2.05, 4.69) is 24.4 Å². The predicted molar refractivity (Wildman–Crippen MR) is 60.5 cm³/mol. The zero-order valence-corrected chi connectivity index (χ0v) is 9.73. The highest BCUT2D eigenvalue weighted by atomic mass is 16.2. The number of hydrazine groups is 1. The molecule has 1 aliphatic rings. The van der Waals surface area contributed by atoms with E-state index in [0.29, 0.717) is 6.04 Å². The third-order valence-electron chi connectivity index (χ3n) is 3.18. The Morgan fingerprint density at radius 2 is 2.44 bits per heavy atom. The summed E-state index contributed by atoms with van der Waals surface area (Å²) in [5.41, 5.74) is 4.69. The second kappa shape index (κ2) is 4.25. The quantitative estimate of drug-likeness (QED) is 0.436. The molecular formula is C11H18N4O. The molecule has 2 rings (SSSR count). The van der Waals surface area contributed by atoms with Crippen molar-refractivity contribution in [3.63, 3.8) is 0 Å². The molecule has 3 N–H and O–H groups in total. The van der Waals surface area contributed by atoms with Gasteiger partial charge >= 0.3 is 0 Å².